The predicted octanol–water partition coefficient (Wildman–Crippen LogP) is 12.6. The molecule has 4 saturated carbocycles. The van der Waals surface area contributed by atoms with Gasteiger partial charge in [-0.1, -0.05) is 117 Å². The van der Waals surface area contributed by atoms with Crippen LogP contribution in [0, 0.1) is 63.1 Å². The molecule has 276 valence electrons. The van der Waals surface area contributed by atoms with Crippen LogP contribution < -0.4 is 4.74 Å². The van der Waals surface area contributed by atoms with Gasteiger partial charge in [-0.2, -0.15) is 0 Å². The van der Waals surface area contributed by atoms with Crippen LogP contribution in [-0.2, 0) is 10.2 Å². The molecule has 7 aliphatic carbocycles. The summed E-state index contributed by atoms with van der Waals surface area (Å²) in [5, 5.41) is 0. The standard InChI is InChI=1S/C49H68O2/c1-45(2)23-25-47(5,6)42-29-38-36(27-40(42)45)37-28-41-43(48(7,8)26-24-46(41,3)4)30-39(37)44(38)49(31-13-11-12-14-31,32-15-19-34(50-9)20-16-32)33-17-21-35(51-10)22-18-33/h15-17,19-21,27-31,33,35-39,44H,11-14,18,22-26H2,1-10H3. The molecule has 0 bridgehead atoms. The molecule has 2 heteroatoms. The molecule has 0 N–H and O–H groups in total. The zero-order valence-corrected chi connectivity index (χ0v) is 33.8. The maximum Gasteiger partial charge on any atom is 0.118 e. The second-order valence-electron chi connectivity index (χ2n) is 20.7. The van der Waals surface area contributed by atoms with Crippen molar-refractivity contribution < 1.29 is 9.47 Å². The number of fused-ring (bicyclic) bond motifs is 5. The molecule has 7 atom stereocenters. The largest absolute Gasteiger partial charge is 0.497 e. The van der Waals surface area contributed by atoms with Gasteiger partial charge < -0.3 is 9.47 Å². The second-order valence-corrected chi connectivity index (χ2v) is 20.7. The molecule has 0 amide bonds. The van der Waals surface area contributed by atoms with Crippen LogP contribution in [0.25, 0.3) is 0 Å². The van der Waals surface area contributed by atoms with Crippen molar-refractivity contribution in [1.29, 1.82) is 0 Å². The van der Waals surface area contributed by atoms with Crippen molar-refractivity contribution in [2.45, 2.75) is 131 Å². The first-order valence-electron chi connectivity index (χ1n) is 20.9. The number of methoxy groups -OCH3 is 2. The fourth-order valence-electron chi connectivity index (χ4n) is 13.2. The number of allylic oxidation sites excluding steroid dienone is 9. The lowest BCUT2D eigenvalue weighted by molar-refractivity contribution is 0.0497. The van der Waals surface area contributed by atoms with Gasteiger partial charge in [-0.15, -0.1) is 0 Å². The number of benzene rings is 1. The summed E-state index contributed by atoms with van der Waals surface area (Å²) < 4.78 is 11.8. The molecule has 51 heavy (non-hydrogen) atoms. The highest BCUT2D eigenvalue weighted by Crippen LogP contribution is 2.69. The minimum atomic E-state index is 0.0216. The van der Waals surface area contributed by atoms with E-state index in [-0.39, 0.29) is 33.2 Å². The van der Waals surface area contributed by atoms with Crippen LogP contribution in [0.15, 0.2) is 83.0 Å². The van der Waals surface area contributed by atoms with E-state index in [1.54, 1.807) is 27.9 Å². The Kier molecular flexibility index (Phi) is 8.65. The number of hydrogen-bond donors (Lipinski definition) is 0. The van der Waals surface area contributed by atoms with E-state index in [0.717, 1.165) is 12.2 Å². The van der Waals surface area contributed by atoms with Gasteiger partial charge in [0.05, 0.1) is 13.2 Å². The van der Waals surface area contributed by atoms with Gasteiger partial charge in [0.1, 0.15) is 5.75 Å². The first kappa shape index (κ1) is 35.7. The third-order valence-electron chi connectivity index (χ3n) is 16.3. The Bertz CT molecular complexity index is 1590. The van der Waals surface area contributed by atoms with Crippen LogP contribution in [-0.4, -0.2) is 20.3 Å². The monoisotopic (exact) mass is 689 g/mol. The van der Waals surface area contributed by atoms with Crippen molar-refractivity contribution in [3.63, 3.8) is 0 Å². The zero-order valence-electron chi connectivity index (χ0n) is 33.8. The van der Waals surface area contributed by atoms with Crippen molar-refractivity contribution >= 4 is 0 Å². The molecule has 0 spiro atoms. The molecule has 1 aromatic rings. The van der Waals surface area contributed by atoms with Crippen molar-refractivity contribution in [2.24, 2.45) is 63.1 Å². The van der Waals surface area contributed by atoms with E-state index in [1.807, 2.05) is 14.2 Å². The highest BCUT2D eigenvalue weighted by atomic mass is 16.5. The summed E-state index contributed by atoms with van der Waals surface area (Å²) in [7, 11) is 3.71. The van der Waals surface area contributed by atoms with Crippen molar-refractivity contribution in [1.82, 2.24) is 0 Å². The summed E-state index contributed by atoms with van der Waals surface area (Å²) in [6, 6.07) is 9.57. The lowest BCUT2D eigenvalue weighted by Crippen LogP contribution is -2.52. The Morgan fingerprint density at radius 3 is 1.39 bits per heavy atom. The fourth-order valence-corrected chi connectivity index (χ4v) is 13.2. The minimum Gasteiger partial charge on any atom is -0.497 e. The molecule has 0 aromatic heterocycles. The molecule has 7 unspecified atom stereocenters. The first-order valence-corrected chi connectivity index (χ1v) is 20.9. The van der Waals surface area contributed by atoms with E-state index in [2.05, 4.69) is 116 Å². The third kappa shape index (κ3) is 5.49. The van der Waals surface area contributed by atoms with Crippen LogP contribution in [0.4, 0.5) is 0 Å². The summed E-state index contributed by atoms with van der Waals surface area (Å²) in [4.78, 5) is 0. The van der Waals surface area contributed by atoms with Gasteiger partial charge in [-0.05, 0) is 154 Å². The molecule has 0 heterocycles. The molecular formula is C49H68O2. The highest BCUT2D eigenvalue weighted by molar-refractivity contribution is 5.53. The van der Waals surface area contributed by atoms with Gasteiger partial charge in [0.2, 0.25) is 0 Å². The predicted molar refractivity (Wildman–Crippen MR) is 213 cm³/mol. The maximum absolute atomic E-state index is 5.98. The molecule has 0 radical (unpaired) electrons. The molecule has 2 nitrogen and oxygen atoms in total. The SMILES string of the molecule is COc1ccc(C(C2C=CC(OC)CC2)(C2CCCC2)C2C3C=C4C(=CC3C3C=C5C(=CC32)C(C)(C)CCC5(C)C)C(C)(C)CCC4(C)C)cc1. The maximum atomic E-state index is 5.98. The average Bonchev–Trinajstić information content (AvgIpc) is 3.76. The molecule has 4 fully saturated rings. The molecule has 7 aliphatic rings. The van der Waals surface area contributed by atoms with Crippen molar-refractivity contribution in [2.75, 3.05) is 14.2 Å². The van der Waals surface area contributed by atoms with E-state index < -0.39 is 0 Å². The Balaban J connectivity index is 1.42. The van der Waals surface area contributed by atoms with E-state index >= 15 is 0 Å². The Morgan fingerprint density at radius 1 is 0.549 bits per heavy atom. The lowest BCUT2D eigenvalue weighted by atomic mass is 9.48. The van der Waals surface area contributed by atoms with Crippen LogP contribution >= 0.6 is 0 Å². The van der Waals surface area contributed by atoms with E-state index in [4.69, 9.17) is 9.47 Å². The highest BCUT2D eigenvalue weighted by Gasteiger charge is 2.64. The van der Waals surface area contributed by atoms with E-state index in [1.165, 1.54) is 57.8 Å². The van der Waals surface area contributed by atoms with Gasteiger partial charge in [-0.25, -0.2) is 0 Å². The molecule has 0 aliphatic heterocycles. The number of rotatable bonds is 6. The summed E-state index contributed by atoms with van der Waals surface area (Å²) >= 11 is 0. The Labute approximate surface area is 311 Å². The van der Waals surface area contributed by atoms with Crippen LogP contribution in [0.2, 0.25) is 0 Å². The van der Waals surface area contributed by atoms with Gasteiger partial charge >= 0.3 is 0 Å². The lowest BCUT2D eigenvalue weighted by Gasteiger charge is -2.55. The fraction of sp³-hybridized carbons (Fsp3) is 0.673. The number of ether oxygens (including phenoxy) is 2. The molecule has 8 rings (SSSR count). The molecular weight excluding hydrogens is 621 g/mol. The first-order chi connectivity index (χ1) is 24.1. The topological polar surface area (TPSA) is 18.5 Å². The Morgan fingerprint density at radius 2 is 1.00 bits per heavy atom. The van der Waals surface area contributed by atoms with Crippen LogP contribution in [0.1, 0.15) is 125 Å². The Hall–Kier alpha value is -2.32. The summed E-state index contributed by atoms with van der Waals surface area (Å²) in [5.74, 6) is 4.67. The summed E-state index contributed by atoms with van der Waals surface area (Å²) in [6.45, 7) is 20.3. The quantitative estimate of drug-likeness (QED) is 0.277. The van der Waals surface area contributed by atoms with Gasteiger partial charge in [0.25, 0.3) is 0 Å². The second kappa shape index (κ2) is 12.4. The number of hydrogen-bond acceptors (Lipinski definition) is 2. The molecule has 1 aromatic carbocycles. The zero-order chi connectivity index (χ0) is 36.1. The average molecular weight is 689 g/mol. The van der Waals surface area contributed by atoms with Crippen LogP contribution in [0.5, 0.6) is 5.75 Å². The van der Waals surface area contributed by atoms with Gasteiger partial charge in [0.15, 0.2) is 0 Å². The normalized spacial score (nSPS) is 37.0. The summed E-state index contributed by atoms with van der Waals surface area (Å²) in [5.41, 5.74) is 9.12. The van der Waals surface area contributed by atoms with Crippen molar-refractivity contribution in [3.05, 3.63) is 88.6 Å². The van der Waals surface area contributed by atoms with E-state index in [9.17, 15) is 0 Å². The molecule has 0 saturated heterocycles. The van der Waals surface area contributed by atoms with Crippen LogP contribution in [0.3, 0.4) is 0 Å². The van der Waals surface area contributed by atoms with Crippen molar-refractivity contribution in [3.8, 4) is 5.75 Å². The van der Waals surface area contributed by atoms with Gasteiger partial charge in [-0.3, -0.25) is 0 Å². The smallest absolute Gasteiger partial charge is 0.118 e. The van der Waals surface area contributed by atoms with E-state index in [0.29, 0.717) is 41.4 Å². The van der Waals surface area contributed by atoms with Gasteiger partial charge in [0, 0.05) is 12.5 Å². The minimum absolute atomic E-state index is 0.0216. The summed E-state index contributed by atoms with van der Waals surface area (Å²) in [6.07, 6.45) is 29.7. The third-order valence-corrected chi connectivity index (χ3v) is 16.3.